The number of likely N-dealkylation sites (N-methyl/N-ethyl adjacent to an activating group) is 1. The van der Waals surface area contributed by atoms with Crippen LogP contribution in [-0.4, -0.2) is 24.8 Å². The molecule has 116 valence electrons. The average molecular weight is 279 g/mol. The van der Waals surface area contributed by atoms with Crippen molar-refractivity contribution >= 4 is 0 Å². The van der Waals surface area contributed by atoms with Gasteiger partial charge in [0.25, 0.3) is 0 Å². The second-order valence-corrected chi connectivity index (χ2v) is 8.39. The zero-order valence-corrected chi connectivity index (χ0v) is 13.9. The van der Waals surface area contributed by atoms with Gasteiger partial charge in [-0.3, -0.25) is 0 Å². The Hall–Kier alpha value is -0.0800. The summed E-state index contributed by atoms with van der Waals surface area (Å²) in [7, 11) is 0. The van der Waals surface area contributed by atoms with Crippen LogP contribution in [0.15, 0.2) is 0 Å². The molecule has 0 heterocycles. The lowest BCUT2D eigenvalue weighted by molar-refractivity contribution is -0.139. The van der Waals surface area contributed by atoms with E-state index in [-0.39, 0.29) is 5.60 Å². The summed E-state index contributed by atoms with van der Waals surface area (Å²) in [4.78, 5) is 0. The summed E-state index contributed by atoms with van der Waals surface area (Å²) in [6.07, 6.45) is 9.81. The molecule has 0 radical (unpaired) electrons. The summed E-state index contributed by atoms with van der Waals surface area (Å²) in [5.74, 6) is 0.884. The Morgan fingerprint density at radius 1 is 1.10 bits per heavy atom. The van der Waals surface area contributed by atoms with Gasteiger partial charge in [0.1, 0.15) is 0 Å². The van der Waals surface area contributed by atoms with Crippen molar-refractivity contribution in [1.29, 1.82) is 0 Å². The fraction of sp³-hybridized carbons (Fsp3) is 1.00. The lowest BCUT2D eigenvalue weighted by Crippen LogP contribution is -2.48. The van der Waals surface area contributed by atoms with Crippen LogP contribution in [0.4, 0.5) is 0 Å². The first kappa shape index (κ1) is 14.8. The standard InChI is InChI=1S/C18H33NO/c1-5-19-13-18(9-6-7-10-18)20-15-12-14-8-11-17(15,4)16(14,2)3/h14-15,19H,5-13H2,1-4H3. The molecule has 3 aliphatic carbocycles. The molecule has 2 nitrogen and oxygen atoms in total. The third kappa shape index (κ3) is 2.06. The van der Waals surface area contributed by atoms with Gasteiger partial charge in [0.05, 0.1) is 11.7 Å². The molecule has 3 rings (SSSR count). The molecule has 0 aromatic carbocycles. The van der Waals surface area contributed by atoms with E-state index in [9.17, 15) is 0 Å². The summed E-state index contributed by atoms with van der Waals surface area (Å²) < 4.78 is 6.87. The van der Waals surface area contributed by atoms with Crippen LogP contribution in [-0.2, 0) is 4.74 Å². The molecule has 0 saturated heterocycles. The number of hydrogen-bond donors (Lipinski definition) is 1. The van der Waals surface area contributed by atoms with E-state index in [1.807, 2.05) is 0 Å². The maximum absolute atomic E-state index is 6.87. The van der Waals surface area contributed by atoms with Gasteiger partial charge >= 0.3 is 0 Å². The van der Waals surface area contributed by atoms with Crippen molar-refractivity contribution in [2.45, 2.75) is 84.3 Å². The second-order valence-electron chi connectivity index (χ2n) is 8.39. The monoisotopic (exact) mass is 279 g/mol. The van der Waals surface area contributed by atoms with E-state index in [0.717, 1.165) is 19.0 Å². The maximum atomic E-state index is 6.87. The zero-order valence-electron chi connectivity index (χ0n) is 13.9. The van der Waals surface area contributed by atoms with Crippen LogP contribution in [0.3, 0.4) is 0 Å². The number of nitrogens with one attached hydrogen (secondary N) is 1. The molecule has 2 bridgehead atoms. The van der Waals surface area contributed by atoms with Gasteiger partial charge in [-0.2, -0.15) is 0 Å². The molecule has 3 saturated carbocycles. The Bertz CT molecular complexity index is 358. The minimum absolute atomic E-state index is 0.143. The normalized spacial score (nSPS) is 41.4. The van der Waals surface area contributed by atoms with Crippen molar-refractivity contribution in [3.63, 3.8) is 0 Å². The van der Waals surface area contributed by atoms with Crippen molar-refractivity contribution < 1.29 is 4.74 Å². The SMILES string of the molecule is CCNCC1(OC2CC3CCC2(C)C3(C)C)CCCC1. The third-order valence-electron chi connectivity index (χ3n) is 7.32. The first-order valence-corrected chi connectivity index (χ1v) is 8.82. The molecule has 0 aromatic rings. The second kappa shape index (κ2) is 4.98. The largest absolute Gasteiger partial charge is 0.370 e. The van der Waals surface area contributed by atoms with Crippen molar-refractivity contribution in [2.24, 2.45) is 16.7 Å². The highest BCUT2D eigenvalue weighted by atomic mass is 16.5. The van der Waals surface area contributed by atoms with E-state index in [4.69, 9.17) is 4.74 Å². The molecule has 0 aromatic heterocycles. The minimum Gasteiger partial charge on any atom is -0.370 e. The van der Waals surface area contributed by atoms with Gasteiger partial charge in [-0.05, 0) is 55.4 Å². The minimum atomic E-state index is 0.143. The predicted molar refractivity (Wildman–Crippen MR) is 83.8 cm³/mol. The molecule has 3 unspecified atom stereocenters. The Balaban J connectivity index is 1.74. The Morgan fingerprint density at radius 2 is 1.80 bits per heavy atom. The van der Waals surface area contributed by atoms with Crippen molar-refractivity contribution in [3.05, 3.63) is 0 Å². The van der Waals surface area contributed by atoms with Crippen LogP contribution >= 0.6 is 0 Å². The molecule has 3 fully saturated rings. The highest BCUT2D eigenvalue weighted by molar-refractivity contribution is 5.12. The Kier molecular flexibility index (Phi) is 3.70. The molecule has 20 heavy (non-hydrogen) atoms. The van der Waals surface area contributed by atoms with E-state index in [1.54, 1.807) is 0 Å². The fourth-order valence-corrected chi connectivity index (χ4v) is 5.32. The van der Waals surface area contributed by atoms with E-state index < -0.39 is 0 Å². The molecule has 3 atom stereocenters. The number of ether oxygens (including phenoxy) is 1. The van der Waals surface area contributed by atoms with Crippen LogP contribution in [0.2, 0.25) is 0 Å². The van der Waals surface area contributed by atoms with Crippen molar-refractivity contribution in [2.75, 3.05) is 13.1 Å². The van der Waals surface area contributed by atoms with Crippen LogP contribution in [0.5, 0.6) is 0 Å². The van der Waals surface area contributed by atoms with Crippen LogP contribution in [0, 0.1) is 16.7 Å². The van der Waals surface area contributed by atoms with E-state index in [0.29, 0.717) is 16.9 Å². The van der Waals surface area contributed by atoms with E-state index in [1.165, 1.54) is 44.9 Å². The lowest BCUT2D eigenvalue weighted by Gasteiger charge is -2.43. The lowest BCUT2D eigenvalue weighted by atomic mass is 9.70. The van der Waals surface area contributed by atoms with Gasteiger partial charge < -0.3 is 10.1 Å². The van der Waals surface area contributed by atoms with Crippen LogP contribution in [0.1, 0.15) is 72.6 Å². The summed E-state index contributed by atoms with van der Waals surface area (Å²) in [6.45, 7) is 11.8. The Morgan fingerprint density at radius 3 is 2.30 bits per heavy atom. The van der Waals surface area contributed by atoms with Crippen molar-refractivity contribution in [3.8, 4) is 0 Å². The maximum Gasteiger partial charge on any atom is 0.0810 e. The smallest absolute Gasteiger partial charge is 0.0810 e. The summed E-state index contributed by atoms with van der Waals surface area (Å²) in [5, 5.41) is 3.56. The zero-order chi connectivity index (χ0) is 14.4. The number of fused-ring (bicyclic) bond motifs is 2. The summed E-state index contributed by atoms with van der Waals surface area (Å²) in [5.41, 5.74) is 1.01. The quantitative estimate of drug-likeness (QED) is 0.816. The van der Waals surface area contributed by atoms with Gasteiger partial charge in [-0.15, -0.1) is 0 Å². The fourth-order valence-electron chi connectivity index (χ4n) is 5.32. The van der Waals surface area contributed by atoms with Gasteiger partial charge in [-0.25, -0.2) is 0 Å². The number of rotatable bonds is 5. The summed E-state index contributed by atoms with van der Waals surface area (Å²) >= 11 is 0. The van der Waals surface area contributed by atoms with E-state index in [2.05, 4.69) is 33.0 Å². The average Bonchev–Trinajstić information content (AvgIpc) is 3.00. The molecular formula is C18H33NO. The molecule has 0 aliphatic heterocycles. The van der Waals surface area contributed by atoms with Gasteiger partial charge in [0.15, 0.2) is 0 Å². The van der Waals surface area contributed by atoms with Crippen molar-refractivity contribution in [1.82, 2.24) is 5.32 Å². The number of hydrogen-bond acceptors (Lipinski definition) is 2. The summed E-state index contributed by atoms with van der Waals surface area (Å²) in [6, 6.07) is 0. The first-order valence-electron chi connectivity index (χ1n) is 8.82. The highest BCUT2D eigenvalue weighted by Gasteiger charge is 2.63. The van der Waals surface area contributed by atoms with Gasteiger partial charge in [-0.1, -0.05) is 40.5 Å². The van der Waals surface area contributed by atoms with Gasteiger partial charge in [0.2, 0.25) is 0 Å². The molecule has 0 amide bonds. The third-order valence-corrected chi connectivity index (χ3v) is 7.32. The predicted octanol–water partition coefficient (Wildman–Crippen LogP) is 4.14. The topological polar surface area (TPSA) is 21.3 Å². The molecule has 2 heteroatoms. The van der Waals surface area contributed by atoms with Gasteiger partial charge in [0, 0.05) is 6.54 Å². The molecule has 3 aliphatic rings. The highest BCUT2D eigenvalue weighted by Crippen LogP contribution is 2.66. The van der Waals surface area contributed by atoms with E-state index >= 15 is 0 Å². The molecule has 1 N–H and O–H groups in total. The Labute approximate surface area is 125 Å². The molecular weight excluding hydrogens is 246 g/mol. The first-order chi connectivity index (χ1) is 9.44. The van der Waals surface area contributed by atoms with Crippen LogP contribution < -0.4 is 5.32 Å². The molecule has 0 spiro atoms. The van der Waals surface area contributed by atoms with Crippen LogP contribution in [0.25, 0.3) is 0 Å².